The highest BCUT2D eigenvalue weighted by Crippen LogP contribution is 2.34. The summed E-state index contributed by atoms with van der Waals surface area (Å²) in [7, 11) is 1.97. The standard InChI is InChI=1S/C19H15ClN2OS/c1-22-17-15-8-3-2-5-12(15)9-10-16(17)24-19(22)21-18(23)13-6-4-7-14(20)11-13/h2-8,11H,9-10H2,1H3. The van der Waals surface area contributed by atoms with Gasteiger partial charge in [0.2, 0.25) is 0 Å². The third-order valence-electron chi connectivity index (χ3n) is 4.26. The summed E-state index contributed by atoms with van der Waals surface area (Å²) in [5.74, 6) is -0.264. The van der Waals surface area contributed by atoms with E-state index in [9.17, 15) is 4.79 Å². The molecule has 0 radical (unpaired) electrons. The quantitative estimate of drug-likeness (QED) is 0.643. The monoisotopic (exact) mass is 354 g/mol. The first-order valence-corrected chi connectivity index (χ1v) is 8.94. The van der Waals surface area contributed by atoms with Crippen molar-refractivity contribution in [3.63, 3.8) is 0 Å². The molecule has 1 aliphatic rings. The number of benzene rings is 2. The number of hydrogen-bond donors (Lipinski definition) is 0. The fourth-order valence-corrected chi connectivity index (χ4v) is 4.41. The van der Waals surface area contributed by atoms with E-state index in [1.54, 1.807) is 35.6 Å². The van der Waals surface area contributed by atoms with Gasteiger partial charge in [-0.1, -0.05) is 41.9 Å². The molecule has 5 heteroatoms. The van der Waals surface area contributed by atoms with Crippen LogP contribution in [-0.4, -0.2) is 10.5 Å². The Kier molecular flexibility index (Phi) is 3.87. The Bertz CT molecular complexity index is 1020. The number of halogens is 1. The van der Waals surface area contributed by atoms with Crippen LogP contribution in [0.15, 0.2) is 53.5 Å². The average Bonchev–Trinajstić information content (AvgIpc) is 2.91. The van der Waals surface area contributed by atoms with Gasteiger partial charge in [-0.25, -0.2) is 0 Å². The zero-order valence-corrected chi connectivity index (χ0v) is 14.7. The van der Waals surface area contributed by atoms with Crippen LogP contribution in [0.1, 0.15) is 20.8 Å². The average molecular weight is 355 g/mol. The van der Waals surface area contributed by atoms with Crippen LogP contribution >= 0.6 is 22.9 Å². The molecule has 0 atom stereocenters. The van der Waals surface area contributed by atoms with Crippen molar-refractivity contribution in [1.82, 2.24) is 4.57 Å². The van der Waals surface area contributed by atoms with E-state index in [-0.39, 0.29) is 5.91 Å². The molecule has 3 aromatic rings. The molecule has 0 spiro atoms. The molecule has 4 rings (SSSR count). The van der Waals surface area contributed by atoms with Gasteiger partial charge in [-0.3, -0.25) is 4.79 Å². The van der Waals surface area contributed by atoms with E-state index in [2.05, 4.69) is 29.3 Å². The minimum absolute atomic E-state index is 0.264. The number of carbonyl (C=O) groups is 1. The molecule has 3 nitrogen and oxygen atoms in total. The Labute approximate surface area is 148 Å². The largest absolute Gasteiger partial charge is 0.319 e. The lowest BCUT2D eigenvalue weighted by Crippen LogP contribution is -2.15. The van der Waals surface area contributed by atoms with Crippen molar-refractivity contribution < 1.29 is 4.79 Å². The number of carbonyl (C=O) groups excluding carboxylic acids is 1. The normalized spacial score (nSPS) is 13.5. The highest BCUT2D eigenvalue weighted by atomic mass is 35.5. The van der Waals surface area contributed by atoms with E-state index >= 15 is 0 Å². The lowest BCUT2D eigenvalue weighted by atomic mass is 9.93. The number of rotatable bonds is 1. The van der Waals surface area contributed by atoms with Crippen LogP contribution in [0, 0.1) is 0 Å². The molecule has 24 heavy (non-hydrogen) atoms. The van der Waals surface area contributed by atoms with Crippen LogP contribution < -0.4 is 4.80 Å². The van der Waals surface area contributed by atoms with Crippen LogP contribution in [0.25, 0.3) is 11.3 Å². The Morgan fingerprint density at radius 2 is 2.00 bits per heavy atom. The van der Waals surface area contributed by atoms with Gasteiger partial charge in [0.25, 0.3) is 5.91 Å². The maximum Gasteiger partial charge on any atom is 0.279 e. The summed E-state index contributed by atoms with van der Waals surface area (Å²) < 4.78 is 2.03. The second kappa shape index (κ2) is 6.04. The molecule has 0 N–H and O–H groups in total. The molecule has 0 unspecified atom stereocenters. The Morgan fingerprint density at radius 3 is 2.83 bits per heavy atom. The first-order valence-electron chi connectivity index (χ1n) is 7.75. The van der Waals surface area contributed by atoms with Gasteiger partial charge in [-0.15, -0.1) is 11.3 Å². The molecule has 0 fully saturated rings. The van der Waals surface area contributed by atoms with Crippen LogP contribution in [0.5, 0.6) is 0 Å². The van der Waals surface area contributed by atoms with Gasteiger partial charge in [0.1, 0.15) is 0 Å². The number of fused-ring (bicyclic) bond motifs is 3. The minimum atomic E-state index is -0.264. The summed E-state index contributed by atoms with van der Waals surface area (Å²) in [6, 6.07) is 15.3. The zero-order valence-electron chi connectivity index (χ0n) is 13.1. The van der Waals surface area contributed by atoms with E-state index in [1.807, 2.05) is 11.6 Å². The first kappa shape index (κ1) is 15.4. The summed E-state index contributed by atoms with van der Waals surface area (Å²) >= 11 is 7.56. The maximum atomic E-state index is 12.4. The van der Waals surface area contributed by atoms with Gasteiger partial charge in [0.15, 0.2) is 4.80 Å². The molecule has 2 aromatic carbocycles. The fraction of sp³-hybridized carbons (Fsp3) is 0.158. The smallest absolute Gasteiger partial charge is 0.279 e. The molecule has 1 aliphatic carbocycles. The summed E-state index contributed by atoms with van der Waals surface area (Å²) in [5, 5.41) is 0.542. The highest BCUT2D eigenvalue weighted by molar-refractivity contribution is 7.09. The summed E-state index contributed by atoms with van der Waals surface area (Å²) in [6.45, 7) is 0. The number of hydrogen-bond acceptors (Lipinski definition) is 2. The number of thiazole rings is 1. The van der Waals surface area contributed by atoms with Gasteiger partial charge < -0.3 is 4.57 Å². The Balaban J connectivity index is 1.82. The fourth-order valence-electron chi connectivity index (χ4n) is 3.10. The summed E-state index contributed by atoms with van der Waals surface area (Å²) in [4.78, 5) is 18.8. The van der Waals surface area contributed by atoms with E-state index in [0.717, 1.165) is 17.6 Å². The van der Waals surface area contributed by atoms with Crippen molar-refractivity contribution >= 4 is 28.8 Å². The minimum Gasteiger partial charge on any atom is -0.319 e. The lowest BCUT2D eigenvalue weighted by Gasteiger charge is -2.16. The van der Waals surface area contributed by atoms with Crippen LogP contribution in [0.4, 0.5) is 0 Å². The predicted molar refractivity (Wildman–Crippen MR) is 97.5 cm³/mol. The van der Waals surface area contributed by atoms with E-state index < -0.39 is 0 Å². The van der Waals surface area contributed by atoms with Crippen molar-refractivity contribution in [2.24, 2.45) is 12.0 Å². The van der Waals surface area contributed by atoms with Crippen LogP contribution in [0.3, 0.4) is 0 Å². The molecule has 0 aliphatic heterocycles. The van der Waals surface area contributed by atoms with E-state index in [0.29, 0.717) is 10.6 Å². The number of amides is 1. The third-order valence-corrected chi connectivity index (χ3v) is 5.69. The van der Waals surface area contributed by atoms with E-state index in [1.165, 1.54) is 21.7 Å². The van der Waals surface area contributed by atoms with Crippen LogP contribution in [0.2, 0.25) is 5.02 Å². The third kappa shape index (κ3) is 2.62. The van der Waals surface area contributed by atoms with Gasteiger partial charge in [0.05, 0.1) is 5.69 Å². The zero-order chi connectivity index (χ0) is 16.7. The second-order valence-corrected chi connectivity index (χ2v) is 7.30. The SMILES string of the molecule is Cn1c2c(sc1=NC(=O)c1cccc(Cl)c1)CCc1ccccc1-2. The van der Waals surface area contributed by atoms with Crippen molar-refractivity contribution in [3.8, 4) is 11.3 Å². The maximum absolute atomic E-state index is 12.4. The van der Waals surface area contributed by atoms with Crippen molar-refractivity contribution in [3.05, 3.63) is 74.4 Å². The van der Waals surface area contributed by atoms with Crippen molar-refractivity contribution in [2.45, 2.75) is 12.8 Å². The number of aromatic nitrogens is 1. The molecule has 1 amide bonds. The number of aryl methyl sites for hydroxylation is 2. The molecule has 1 aromatic heterocycles. The number of nitrogens with zero attached hydrogens (tertiary/aromatic N) is 2. The van der Waals surface area contributed by atoms with Crippen molar-refractivity contribution in [1.29, 1.82) is 0 Å². The molecular formula is C19H15ClN2OS. The van der Waals surface area contributed by atoms with Gasteiger partial charge in [0, 0.05) is 28.1 Å². The topological polar surface area (TPSA) is 34.4 Å². The van der Waals surface area contributed by atoms with Crippen LogP contribution in [-0.2, 0) is 19.9 Å². The summed E-state index contributed by atoms with van der Waals surface area (Å²) in [5.41, 5.74) is 4.29. The Morgan fingerprint density at radius 1 is 1.17 bits per heavy atom. The molecule has 0 saturated carbocycles. The first-order chi connectivity index (χ1) is 11.6. The van der Waals surface area contributed by atoms with Gasteiger partial charge >= 0.3 is 0 Å². The Hall–Kier alpha value is -2.17. The van der Waals surface area contributed by atoms with Crippen molar-refractivity contribution in [2.75, 3.05) is 0 Å². The molecule has 1 heterocycles. The molecule has 0 bridgehead atoms. The predicted octanol–water partition coefficient (Wildman–Crippen LogP) is 4.25. The summed E-state index contributed by atoms with van der Waals surface area (Å²) in [6.07, 6.45) is 2.02. The molecular weight excluding hydrogens is 340 g/mol. The molecule has 0 saturated heterocycles. The van der Waals surface area contributed by atoms with Gasteiger partial charge in [-0.05, 0) is 36.6 Å². The highest BCUT2D eigenvalue weighted by Gasteiger charge is 2.21. The molecule has 120 valence electrons. The lowest BCUT2D eigenvalue weighted by molar-refractivity contribution is 0.0998. The van der Waals surface area contributed by atoms with Gasteiger partial charge in [-0.2, -0.15) is 4.99 Å². The van der Waals surface area contributed by atoms with E-state index in [4.69, 9.17) is 11.6 Å². The second-order valence-electron chi connectivity index (χ2n) is 5.80.